The molecule has 5 nitrogen and oxygen atoms in total. The molecule has 1 heterocycles. The van der Waals surface area contributed by atoms with Gasteiger partial charge in [-0.15, -0.1) is 0 Å². The highest BCUT2D eigenvalue weighted by Gasteiger charge is 2.07. The molecule has 5 heteroatoms. The number of nitrogens with zero attached hydrogens (tertiary/aromatic N) is 2. The highest BCUT2D eigenvalue weighted by molar-refractivity contribution is 5.94. The Morgan fingerprint density at radius 3 is 2.50 bits per heavy atom. The maximum atomic E-state index is 11.7. The third kappa shape index (κ3) is 3.18. The molecule has 0 saturated carbocycles. The van der Waals surface area contributed by atoms with E-state index in [9.17, 15) is 4.79 Å². The molecule has 0 spiro atoms. The van der Waals surface area contributed by atoms with Gasteiger partial charge in [0.15, 0.2) is 0 Å². The van der Waals surface area contributed by atoms with E-state index < -0.39 is 0 Å². The number of nitrogens with one attached hydrogen (secondary N) is 1. The van der Waals surface area contributed by atoms with Gasteiger partial charge in [-0.1, -0.05) is 0 Å². The van der Waals surface area contributed by atoms with Crippen LogP contribution in [0.3, 0.4) is 0 Å². The molecule has 0 atom stereocenters. The molecule has 0 aliphatic carbocycles. The number of hydrogen-bond acceptors (Lipinski definition) is 4. The lowest BCUT2D eigenvalue weighted by atomic mass is 10.2. The zero-order chi connectivity index (χ0) is 14.5. The third-order valence-electron chi connectivity index (χ3n) is 2.78. The van der Waals surface area contributed by atoms with Gasteiger partial charge >= 0.3 is 0 Å². The van der Waals surface area contributed by atoms with E-state index >= 15 is 0 Å². The molecule has 2 rings (SSSR count). The van der Waals surface area contributed by atoms with Crippen LogP contribution in [0.4, 0.5) is 5.69 Å². The second-order valence-corrected chi connectivity index (χ2v) is 4.51. The second-order valence-electron chi connectivity index (χ2n) is 4.51. The van der Waals surface area contributed by atoms with Gasteiger partial charge in [-0.3, -0.25) is 4.79 Å². The minimum Gasteiger partial charge on any atom is -0.449 e. The average Bonchev–Trinajstić information content (AvgIpc) is 2.93. The quantitative estimate of drug-likeness (QED) is 0.925. The molecule has 0 aliphatic rings. The van der Waals surface area contributed by atoms with Crippen molar-refractivity contribution in [3.8, 4) is 6.07 Å². The number of anilines is 1. The van der Waals surface area contributed by atoms with Gasteiger partial charge in [0.05, 0.1) is 6.54 Å². The summed E-state index contributed by atoms with van der Waals surface area (Å²) in [5.41, 5.74) is 1.53. The molecular weight excluding hydrogens is 254 g/mol. The Labute approximate surface area is 117 Å². The summed E-state index contributed by atoms with van der Waals surface area (Å²) in [6.45, 7) is 0.489. The zero-order valence-corrected chi connectivity index (χ0v) is 11.4. The van der Waals surface area contributed by atoms with Crippen molar-refractivity contribution in [2.24, 2.45) is 0 Å². The lowest BCUT2D eigenvalue weighted by Crippen LogP contribution is -2.21. The number of carbonyl (C=O) groups is 1. The zero-order valence-electron chi connectivity index (χ0n) is 11.4. The summed E-state index contributed by atoms with van der Waals surface area (Å²) in [5, 5.41) is 11.8. The van der Waals surface area contributed by atoms with E-state index in [2.05, 4.69) is 5.32 Å². The maximum absolute atomic E-state index is 11.7. The topological polar surface area (TPSA) is 69.3 Å². The highest BCUT2D eigenvalue weighted by atomic mass is 16.3. The van der Waals surface area contributed by atoms with Gasteiger partial charge in [0.25, 0.3) is 5.91 Å². The lowest BCUT2D eigenvalue weighted by Gasteiger charge is -2.11. The predicted octanol–water partition coefficient (Wildman–Crippen LogP) is 2.47. The van der Waals surface area contributed by atoms with Gasteiger partial charge in [0, 0.05) is 25.3 Å². The number of carbonyl (C=O) groups excluding carboxylic acids is 1. The van der Waals surface area contributed by atoms with Crippen LogP contribution in [0.25, 0.3) is 0 Å². The molecule has 102 valence electrons. The number of furan rings is 1. The standard InChI is InChI=1S/C15H15N3O2/c1-18(2)15(19)11-3-5-12(6-4-11)17-10-14-8-7-13(9-16)20-14/h3-8,17H,10H2,1-2H3. The van der Waals surface area contributed by atoms with Crippen LogP contribution in [-0.4, -0.2) is 24.9 Å². The lowest BCUT2D eigenvalue weighted by molar-refractivity contribution is 0.0827. The number of benzene rings is 1. The summed E-state index contributed by atoms with van der Waals surface area (Å²) in [6, 6.07) is 12.6. The van der Waals surface area contributed by atoms with Crippen LogP contribution in [0.15, 0.2) is 40.8 Å². The predicted molar refractivity (Wildman–Crippen MR) is 75.2 cm³/mol. The van der Waals surface area contributed by atoms with Crippen LogP contribution in [-0.2, 0) is 6.54 Å². The fraction of sp³-hybridized carbons (Fsp3) is 0.200. The van der Waals surface area contributed by atoms with Crippen molar-refractivity contribution in [1.29, 1.82) is 5.26 Å². The molecule has 0 saturated heterocycles. The van der Waals surface area contributed by atoms with Crippen LogP contribution in [0.2, 0.25) is 0 Å². The van der Waals surface area contributed by atoms with Crippen LogP contribution in [0, 0.1) is 11.3 Å². The summed E-state index contributed by atoms with van der Waals surface area (Å²) in [5.74, 6) is 0.963. The first-order valence-electron chi connectivity index (χ1n) is 6.14. The minimum absolute atomic E-state index is 0.0266. The molecule has 1 amide bonds. The Bertz CT molecular complexity index is 636. The van der Waals surface area contributed by atoms with E-state index in [4.69, 9.17) is 9.68 Å². The SMILES string of the molecule is CN(C)C(=O)c1ccc(NCc2ccc(C#N)o2)cc1. The average molecular weight is 269 g/mol. The Morgan fingerprint density at radius 2 is 1.95 bits per heavy atom. The van der Waals surface area contributed by atoms with Gasteiger partial charge in [-0.25, -0.2) is 0 Å². The smallest absolute Gasteiger partial charge is 0.253 e. The molecule has 0 aliphatic heterocycles. The van der Waals surface area contributed by atoms with E-state index in [-0.39, 0.29) is 5.91 Å². The molecule has 1 aromatic carbocycles. The van der Waals surface area contributed by atoms with Crippen molar-refractivity contribution in [2.45, 2.75) is 6.54 Å². The fourth-order valence-corrected chi connectivity index (χ4v) is 1.71. The van der Waals surface area contributed by atoms with Crippen LogP contribution in [0.1, 0.15) is 21.9 Å². The Hall–Kier alpha value is -2.74. The van der Waals surface area contributed by atoms with E-state index in [1.54, 1.807) is 38.4 Å². The normalized spacial score (nSPS) is 9.85. The number of hydrogen-bond donors (Lipinski definition) is 1. The van der Waals surface area contributed by atoms with Gasteiger partial charge in [-0.2, -0.15) is 5.26 Å². The molecule has 2 aromatic rings. The van der Waals surface area contributed by atoms with Gasteiger partial charge in [0.1, 0.15) is 11.8 Å². The first kappa shape index (κ1) is 13.7. The largest absolute Gasteiger partial charge is 0.449 e. The molecule has 0 fully saturated rings. The van der Waals surface area contributed by atoms with Gasteiger partial charge in [0.2, 0.25) is 5.76 Å². The molecule has 20 heavy (non-hydrogen) atoms. The summed E-state index contributed by atoms with van der Waals surface area (Å²) >= 11 is 0. The Balaban J connectivity index is 1.97. The van der Waals surface area contributed by atoms with Crippen LogP contribution in [0.5, 0.6) is 0 Å². The highest BCUT2D eigenvalue weighted by Crippen LogP contribution is 2.13. The second kappa shape index (κ2) is 5.93. The van der Waals surface area contributed by atoms with Crippen LogP contribution >= 0.6 is 0 Å². The number of nitriles is 1. The Morgan fingerprint density at radius 1 is 1.25 bits per heavy atom. The van der Waals surface area contributed by atoms with E-state index in [0.717, 1.165) is 5.69 Å². The fourth-order valence-electron chi connectivity index (χ4n) is 1.71. The summed E-state index contributed by atoms with van der Waals surface area (Å²) in [4.78, 5) is 13.3. The van der Waals surface area contributed by atoms with E-state index in [0.29, 0.717) is 23.6 Å². The number of rotatable bonds is 4. The summed E-state index contributed by atoms with van der Waals surface area (Å²) in [6.07, 6.45) is 0. The van der Waals surface area contributed by atoms with E-state index in [1.165, 1.54) is 4.90 Å². The molecule has 0 radical (unpaired) electrons. The minimum atomic E-state index is -0.0266. The molecule has 0 bridgehead atoms. The molecule has 0 unspecified atom stereocenters. The van der Waals surface area contributed by atoms with Crippen molar-refractivity contribution in [3.05, 3.63) is 53.5 Å². The number of amides is 1. The van der Waals surface area contributed by atoms with Gasteiger partial charge in [-0.05, 0) is 36.4 Å². The summed E-state index contributed by atoms with van der Waals surface area (Å²) < 4.78 is 5.26. The van der Waals surface area contributed by atoms with Crippen molar-refractivity contribution in [3.63, 3.8) is 0 Å². The van der Waals surface area contributed by atoms with Crippen molar-refractivity contribution in [2.75, 3.05) is 19.4 Å². The molecule has 1 N–H and O–H groups in total. The molecular formula is C15H15N3O2. The monoisotopic (exact) mass is 269 g/mol. The first-order chi connectivity index (χ1) is 9.60. The maximum Gasteiger partial charge on any atom is 0.253 e. The van der Waals surface area contributed by atoms with Crippen molar-refractivity contribution >= 4 is 11.6 Å². The van der Waals surface area contributed by atoms with Crippen molar-refractivity contribution < 1.29 is 9.21 Å². The van der Waals surface area contributed by atoms with Crippen LogP contribution < -0.4 is 5.32 Å². The molecule has 1 aromatic heterocycles. The summed E-state index contributed by atoms with van der Waals surface area (Å²) in [7, 11) is 3.44. The van der Waals surface area contributed by atoms with Crippen molar-refractivity contribution in [1.82, 2.24) is 4.90 Å². The first-order valence-corrected chi connectivity index (χ1v) is 6.14. The third-order valence-corrected chi connectivity index (χ3v) is 2.78. The van der Waals surface area contributed by atoms with Gasteiger partial charge < -0.3 is 14.6 Å². The Kier molecular flexibility index (Phi) is 4.06. The van der Waals surface area contributed by atoms with E-state index in [1.807, 2.05) is 18.2 Å².